The van der Waals surface area contributed by atoms with Crippen LogP contribution in [-0.2, 0) is 4.79 Å². The Balaban J connectivity index is 1.94. The minimum atomic E-state index is -0.878. The lowest BCUT2D eigenvalue weighted by atomic mass is 9.79. The number of rotatable bonds is 5. The average Bonchev–Trinajstić information content (AvgIpc) is 3.06. The number of amides is 1. The minimum Gasteiger partial charge on any atom is -0.481 e. The predicted octanol–water partition coefficient (Wildman–Crippen LogP) is 2.29. The van der Waals surface area contributed by atoms with Gasteiger partial charge in [-0.3, -0.25) is 14.3 Å². The normalized spacial score (nSPS) is 22.3. The molecule has 1 aromatic heterocycles. The van der Waals surface area contributed by atoms with Gasteiger partial charge >= 0.3 is 5.97 Å². The van der Waals surface area contributed by atoms with E-state index in [0.717, 1.165) is 5.69 Å². The van der Waals surface area contributed by atoms with Crippen LogP contribution in [0.3, 0.4) is 0 Å². The molecule has 1 aliphatic rings. The number of aromatic nitrogens is 2. The Morgan fingerprint density at radius 1 is 1.31 bits per heavy atom. The lowest BCUT2D eigenvalue weighted by molar-refractivity contribution is -0.143. The van der Waals surface area contributed by atoms with Crippen molar-refractivity contribution in [1.82, 2.24) is 9.78 Å². The molecule has 1 aliphatic carbocycles. The fourth-order valence-electron chi connectivity index (χ4n) is 3.31. The number of hydrogen-bond donors (Lipinski definition) is 3. The Kier molecular flexibility index (Phi) is 4.89. The Bertz CT molecular complexity index is 855. The fraction of sp³-hybridized carbons (Fsp3) is 0.333. The molecule has 3 unspecified atom stereocenters. The number of carbonyl (C=O) groups is 2. The number of benzene rings is 1. The van der Waals surface area contributed by atoms with Gasteiger partial charge in [0.05, 0.1) is 23.9 Å². The second kappa shape index (κ2) is 7.27. The van der Waals surface area contributed by atoms with Gasteiger partial charge in [-0.05, 0) is 31.4 Å². The Morgan fingerprint density at radius 3 is 2.65 bits per heavy atom. The topological polar surface area (TPSA) is 134 Å². The summed E-state index contributed by atoms with van der Waals surface area (Å²) >= 11 is 0. The number of hydrogen-bond acceptors (Lipinski definition) is 5. The van der Waals surface area contributed by atoms with E-state index < -0.39 is 23.8 Å². The molecule has 8 nitrogen and oxygen atoms in total. The number of nitrogens with one attached hydrogen (secondary N) is 1. The van der Waals surface area contributed by atoms with Crippen LogP contribution < -0.4 is 11.1 Å². The number of carbonyl (C=O) groups excluding carboxylic acids is 1. The number of primary amides is 1. The van der Waals surface area contributed by atoms with E-state index in [4.69, 9.17) is 5.73 Å². The molecule has 0 saturated heterocycles. The summed E-state index contributed by atoms with van der Waals surface area (Å²) in [5.41, 5.74) is 6.40. The van der Waals surface area contributed by atoms with Crippen LogP contribution >= 0.6 is 0 Å². The first-order valence-electron chi connectivity index (χ1n) is 8.33. The highest BCUT2D eigenvalue weighted by Crippen LogP contribution is 2.37. The number of nitrogens with two attached hydrogens (primary N) is 1. The standard InChI is InChI=1S/C18H19N5O3/c19-9-12-7-6-11(18(25)26)8-15(12)23-10-14(16(20)24)17(22-23)21-13-4-2-1-3-5-13/h1-5,10-12,15H,6-8H2,(H2,20,24)(H,21,22)(H,25,26). The van der Waals surface area contributed by atoms with E-state index in [-0.39, 0.29) is 23.7 Å². The predicted molar refractivity (Wildman–Crippen MR) is 93.6 cm³/mol. The first-order chi connectivity index (χ1) is 12.5. The molecule has 1 amide bonds. The van der Waals surface area contributed by atoms with Crippen LogP contribution in [0.5, 0.6) is 0 Å². The zero-order valence-electron chi connectivity index (χ0n) is 14.0. The second-order valence-corrected chi connectivity index (χ2v) is 6.38. The van der Waals surface area contributed by atoms with E-state index in [1.54, 1.807) is 0 Å². The molecule has 1 aromatic carbocycles. The van der Waals surface area contributed by atoms with Crippen molar-refractivity contribution < 1.29 is 14.7 Å². The zero-order chi connectivity index (χ0) is 18.7. The minimum absolute atomic E-state index is 0.197. The molecular weight excluding hydrogens is 334 g/mol. The number of anilines is 2. The number of nitrogens with zero attached hydrogens (tertiary/aromatic N) is 3. The molecule has 3 rings (SSSR count). The summed E-state index contributed by atoms with van der Waals surface area (Å²) in [5.74, 6) is -2.13. The highest BCUT2D eigenvalue weighted by Gasteiger charge is 2.36. The Morgan fingerprint density at radius 2 is 2.04 bits per heavy atom. The third kappa shape index (κ3) is 3.52. The van der Waals surface area contributed by atoms with Crippen molar-refractivity contribution in [2.24, 2.45) is 17.6 Å². The summed E-state index contributed by atoms with van der Waals surface area (Å²) in [6.45, 7) is 0. The molecule has 8 heteroatoms. The number of aliphatic carboxylic acids is 1. The third-order valence-electron chi connectivity index (χ3n) is 4.71. The van der Waals surface area contributed by atoms with Gasteiger partial charge in [-0.2, -0.15) is 10.4 Å². The smallest absolute Gasteiger partial charge is 0.306 e. The average molecular weight is 353 g/mol. The van der Waals surface area contributed by atoms with Crippen molar-refractivity contribution in [2.45, 2.75) is 25.3 Å². The zero-order valence-corrected chi connectivity index (χ0v) is 14.0. The summed E-state index contributed by atoms with van der Waals surface area (Å²) < 4.78 is 1.51. The summed E-state index contributed by atoms with van der Waals surface area (Å²) in [4.78, 5) is 23.2. The summed E-state index contributed by atoms with van der Waals surface area (Å²) in [5, 5.41) is 26.2. The summed E-state index contributed by atoms with van der Waals surface area (Å²) in [7, 11) is 0. The lowest BCUT2D eigenvalue weighted by Crippen LogP contribution is -2.30. The largest absolute Gasteiger partial charge is 0.481 e. The molecular formula is C18H19N5O3. The molecule has 1 saturated carbocycles. The van der Waals surface area contributed by atoms with E-state index >= 15 is 0 Å². The molecule has 1 fully saturated rings. The van der Waals surface area contributed by atoms with Gasteiger partial charge in [-0.25, -0.2) is 0 Å². The molecule has 0 radical (unpaired) electrons. The van der Waals surface area contributed by atoms with E-state index in [0.29, 0.717) is 12.8 Å². The first-order valence-corrected chi connectivity index (χ1v) is 8.33. The number of para-hydroxylation sites is 1. The van der Waals surface area contributed by atoms with Crippen LogP contribution in [-0.4, -0.2) is 26.8 Å². The van der Waals surface area contributed by atoms with Gasteiger partial charge in [0.1, 0.15) is 5.56 Å². The maximum Gasteiger partial charge on any atom is 0.306 e. The van der Waals surface area contributed by atoms with E-state index in [1.807, 2.05) is 30.3 Å². The van der Waals surface area contributed by atoms with E-state index in [1.165, 1.54) is 10.9 Å². The molecule has 0 spiro atoms. The first kappa shape index (κ1) is 17.5. The molecule has 4 N–H and O–H groups in total. The van der Waals surface area contributed by atoms with Gasteiger partial charge in [-0.15, -0.1) is 0 Å². The fourth-order valence-corrected chi connectivity index (χ4v) is 3.31. The molecule has 3 atom stereocenters. The van der Waals surface area contributed by atoms with Gasteiger partial charge in [0.15, 0.2) is 5.82 Å². The quantitative estimate of drug-likeness (QED) is 0.755. The summed E-state index contributed by atoms with van der Waals surface area (Å²) in [6, 6.07) is 11.0. The third-order valence-corrected chi connectivity index (χ3v) is 4.71. The maximum absolute atomic E-state index is 11.8. The van der Waals surface area contributed by atoms with Crippen molar-refractivity contribution >= 4 is 23.4 Å². The van der Waals surface area contributed by atoms with Gasteiger partial charge in [0.2, 0.25) is 0 Å². The van der Waals surface area contributed by atoms with E-state index in [9.17, 15) is 20.0 Å². The second-order valence-electron chi connectivity index (χ2n) is 6.38. The van der Waals surface area contributed by atoms with Crippen LogP contribution in [0.4, 0.5) is 11.5 Å². The van der Waals surface area contributed by atoms with Crippen molar-refractivity contribution in [3.63, 3.8) is 0 Å². The number of carboxylic acids is 1. The SMILES string of the molecule is N#CC1CCC(C(=O)O)CC1n1cc(C(N)=O)c(Nc2ccccc2)n1. The van der Waals surface area contributed by atoms with Crippen molar-refractivity contribution in [3.05, 3.63) is 42.1 Å². The highest BCUT2D eigenvalue weighted by molar-refractivity contribution is 5.98. The van der Waals surface area contributed by atoms with Crippen LogP contribution in [0.2, 0.25) is 0 Å². The Hall–Kier alpha value is -3.34. The molecule has 1 heterocycles. The molecule has 0 bridgehead atoms. The number of nitriles is 1. The molecule has 2 aromatic rings. The summed E-state index contributed by atoms with van der Waals surface area (Å²) in [6.07, 6.45) is 2.72. The Labute approximate surface area is 150 Å². The van der Waals surface area contributed by atoms with Crippen LogP contribution in [0.15, 0.2) is 36.5 Å². The number of carboxylic acid groups (broad SMARTS) is 1. The monoisotopic (exact) mass is 353 g/mol. The van der Waals surface area contributed by atoms with E-state index in [2.05, 4.69) is 16.5 Å². The maximum atomic E-state index is 11.8. The van der Waals surface area contributed by atoms with Gasteiger partial charge in [0, 0.05) is 11.9 Å². The lowest BCUT2D eigenvalue weighted by Gasteiger charge is -2.30. The van der Waals surface area contributed by atoms with Gasteiger partial charge in [-0.1, -0.05) is 18.2 Å². The van der Waals surface area contributed by atoms with Crippen LogP contribution in [0.25, 0.3) is 0 Å². The van der Waals surface area contributed by atoms with Crippen molar-refractivity contribution in [1.29, 1.82) is 5.26 Å². The van der Waals surface area contributed by atoms with Gasteiger partial charge < -0.3 is 16.2 Å². The molecule has 0 aliphatic heterocycles. The molecule has 26 heavy (non-hydrogen) atoms. The van der Waals surface area contributed by atoms with Gasteiger partial charge in [0.25, 0.3) is 5.91 Å². The highest BCUT2D eigenvalue weighted by atomic mass is 16.4. The molecule has 134 valence electrons. The van der Waals surface area contributed by atoms with Crippen LogP contribution in [0, 0.1) is 23.2 Å². The van der Waals surface area contributed by atoms with Crippen molar-refractivity contribution in [2.75, 3.05) is 5.32 Å². The van der Waals surface area contributed by atoms with Crippen LogP contribution in [0.1, 0.15) is 35.7 Å². The van der Waals surface area contributed by atoms with Crippen molar-refractivity contribution in [3.8, 4) is 6.07 Å².